The molecular weight excluding hydrogens is 268 g/mol. The highest BCUT2D eigenvalue weighted by atomic mass is 32.1. The van der Waals surface area contributed by atoms with Gasteiger partial charge in [-0.1, -0.05) is 24.7 Å². The lowest BCUT2D eigenvalue weighted by Crippen LogP contribution is -2.33. The summed E-state index contributed by atoms with van der Waals surface area (Å²) in [6.45, 7) is 4.11. The number of aromatic carboxylic acids is 1. The number of nitrogens with zero attached hydrogens (tertiary/aromatic N) is 2. The first-order chi connectivity index (χ1) is 8.88. The second-order valence-corrected chi connectivity index (χ2v) is 5.30. The number of carbonyl (C=O) groups is 2. The Balaban J connectivity index is 2.86. The Hall–Kier alpha value is -1.63. The van der Waals surface area contributed by atoms with Crippen LogP contribution in [0.3, 0.4) is 0 Å². The van der Waals surface area contributed by atoms with E-state index in [1.54, 1.807) is 18.9 Å². The van der Waals surface area contributed by atoms with Gasteiger partial charge in [-0.3, -0.25) is 14.2 Å². The van der Waals surface area contributed by atoms with Gasteiger partial charge in [0.1, 0.15) is 11.4 Å². The molecule has 1 rings (SSSR count). The van der Waals surface area contributed by atoms with Gasteiger partial charge in [-0.25, -0.2) is 4.79 Å². The van der Waals surface area contributed by atoms with Gasteiger partial charge < -0.3 is 10.0 Å². The highest BCUT2D eigenvalue weighted by Gasteiger charge is 2.19. The Morgan fingerprint density at radius 3 is 2.53 bits per heavy atom. The Morgan fingerprint density at radius 2 is 2.05 bits per heavy atom. The number of hydrogen-bond acceptors (Lipinski definition) is 4. The normalized spacial score (nSPS) is 10.5. The molecule has 106 valence electrons. The molecule has 0 saturated carbocycles. The van der Waals surface area contributed by atoms with Crippen LogP contribution in [0.15, 0.2) is 4.79 Å². The lowest BCUT2D eigenvalue weighted by molar-refractivity contribution is -0.130. The zero-order chi connectivity index (χ0) is 14.6. The van der Waals surface area contributed by atoms with Gasteiger partial charge in [0, 0.05) is 19.3 Å². The van der Waals surface area contributed by atoms with Crippen molar-refractivity contribution < 1.29 is 14.7 Å². The van der Waals surface area contributed by atoms with Gasteiger partial charge in [0.15, 0.2) is 0 Å². The largest absolute Gasteiger partial charge is 0.477 e. The van der Waals surface area contributed by atoms with Crippen LogP contribution in [0.1, 0.15) is 35.1 Å². The van der Waals surface area contributed by atoms with Gasteiger partial charge >= 0.3 is 10.8 Å². The summed E-state index contributed by atoms with van der Waals surface area (Å²) in [5, 5.41) is 8.93. The van der Waals surface area contributed by atoms with Gasteiger partial charge in [-0.15, -0.1) is 0 Å². The molecule has 0 bridgehead atoms. The van der Waals surface area contributed by atoms with E-state index in [0.29, 0.717) is 23.6 Å². The van der Waals surface area contributed by atoms with Crippen molar-refractivity contribution in [2.75, 3.05) is 13.6 Å². The molecule has 7 heteroatoms. The van der Waals surface area contributed by atoms with Crippen molar-refractivity contribution in [3.05, 3.63) is 20.2 Å². The average Bonchev–Trinajstić information content (AvgIpc) is 2.63. The SMILES string of the molecule is CCCCN(C)C(=O)Cn1c(C)c(C(=O)O)sc1=O. The van der Waals surface area contributed by atoms with Gasteiger partial charge in [0.2, 0.25) is 5.91 Å². The molecule has 0 atom stereocenters. The highest BCUT2D eigenvalue weighted by molar-refractivity contribution is 7.11. The fraction of sp³-hybridized carbons (Fsp3) is 0.583. The predicted octanol–water partition coefficient (Wildman–Crippen LogP) is 1.17. The molecular formula is C12H18N2O4S. The van der Waals surface area contributed by atoms with Crippen molar-refractivity contribution in [1.82, 2.24) is 9.47 Å². The molecule has 1 aromatic rings. The zero-order valence-corrected chi connectivity index (χ0v) is 12.1. The summed E-state index contributed by atoms with van der Waals surface area (Å²) in [4.78, 5) is 35.7. The average molecular weight is 286 g/mol. The quantitative estimate of drug-likeness (QED) is 0.851. The summed E-state index contributed by atoms with van der Waals surface area (Å²) in [7, 11) is 1.68. The maximum absolute atomic E-state index is 11.9. The first kappa shape index (κ1) is 15.4. The first-order valence-electron chi connectivity index (χ1n) is 6.06. The first-order valence-corrected chi connectivity index (χ1v) is 6.87. The topological polar surface area (TPSA) is 79.6 Å². The molecule has 0 radical (unpaired) electrons. The van der Waals surface area contributed by atoms with Crippen LogP contribution in [0, 0.1) is 6.92 Å². The molecule has 6 nitrogen and oxygen atoms in total. The van der Waals surface area contributed by atoms with Crippen molar-refractivity contribution in [2.45, 2.75) is 33.2 Å². The number of carboxylic acids is 1. The predicted molar refractivity (Wildman–Crippen MR) is 72.8 cm³/mol. The molecule has 19 heavy (non-hydrogen) atoms. The van der Waals surface area contributed by atoms with Crippen LogP contribution in [-0.2, 0) is 11.3 Å². The van der Waals surface area contributed by atoms with E-state index >= 15 is 0 Å². The summed E-state index contributed by atoms with van der Waals surface area (Å²) in [6.07, 6.45) is 1.89. The lowest BCUT2D eigenvalue weighted by Gasteiger charge is -2.17. The van der Waals surface area contributed by atoms with Crippen LogP contribution >= 0.6 is 11.3 Å². The fourth-order valence-electron chi connectivity index (χ4n) is 1.63. The molecule has 1 aromatic heterocycles. The summed E-state index contributed by atoms with van der Waals surface area (Å²) in [5.41, 5.74) is 0.333. The Labute approximate surface area is 115 Å². The minimum atomic E-state index is -1.13. The number of aromatic nitrogens is 1. The van der Waals surface area contributed by atoms with Crippen LogP contribution in [0.4, 0.5) is 0 Å². The van der Waals surface area contributed by atoms with E-state index in [0.717, 1.165) is 12.8 Å². The number of carbonyl (C=O) groups excluding carboxylic acids is 1. The number of likely N-dealkylation sites (N-methyl/N-ethyl adjacent to an activating group) is 1. The lowest BCUT2D eigenvalue weighted by atomic mass is 10.3. The molecule has 0 unspecified atom stereocenters. The molecule has 1 N–H and O–H groups in total. The third-order valence-electron chi connectivity index (χ3n) is 2.90. The Kier molecular flexibility index (Phi) is 5.29. The summed E-state index contributed by atoms with van der Waals surface area (Å²) in [6, 6.07) is 0. The second kappa shape index (κ2) is 6.51. The molecule has 0 aliphatic rings. The van der Waals surface area contributed by atoms with E-state index in [9.17, 15) is 14.4 Å². The molecule has 0 fully saturated rings. The van der Waals surface area contributed by atoms with Crippen molar-refractivity contribution in [3.63, 3.8) is 0 Å². The van der Waals surface area contributed by atoms with Gasteiger partial charge in [-0.05, 0) is 13.3 Å². The number of amides is 1. The van der Waals surface area contributed by atoms with Gasteiger partial charge in [0.25, 0.3) is 0 Å². The molecule has 0 aromatic carbocycles. The fourth-order valence-corrected chi connectivity index (χ4v) is 2.46. The van der Waals surface area contributed by atoms with E-state index in [2.05, 4.69) is 0 Å². The zero-order valence-electron chi connectivity index (χ0n) is 11.3. The number of unbranched alkanes of at least 4 members (excludes halogenated alkanes) is 1. The van der Waals surface area contributed by atoms with E-state index in [1.165, 1.54) is 4.57 Å². The van der Waals surface area contributed by atoms with E-state index < -0.39 is 10.8 Å². The van der Waals surface area contributed by atoms with Crippen molar-refractivity contribution >= 4 is 23.2 Å². The van der Waals surface area contributed by atoms with Gasteiger partial charge in [0.05, 0.1) is 0 Å². The van der Waals surface area contributed by atoms with Crippen molar-refractivity contribution in [3.8, 4) is 0 Å². The van der Waals surface area contributed by atoms with Crippen LogP contribution in [-0.4, -0.2) is 40.0 Å². The molecule has 0 saturated heterocycles. The summed E-state index contributed by atoms with van der Waals surface area (Å²) in [5.74, 6) is -1.32. The molecule has 0 spiro atoms. The highest BCUT2D eigenvalue weighted by Crippen LogP contribution is 2.11. The standard InChI is InChI=1S/C12H18N2O4S/c1-4-5-6-13(3)9(15)7-14-8(2)10(11(16)17)19-12(14)18/h4-7H2,1-3H3,(H,16,17). The van der Waals surface area contributed by atoms with Crippen LogP contribution < -0.4 is 4.87 Å². The number of rotatable bonds is 6. The minimum Gasteiger partial charge on any atom is -0.477 e. The van der Waals surface area contributed by atoms with Crippen molar-refractivity contribution in [1.29, 1.82) is 0 Å². The maximum Gasteiger partial charge on any atom is 0.347 e. The number of hydrogen-bond donors (Lipinski definition) is 1. The molecule has 0 aliphatic carbocycles. The Bertz CT molecular complexity index is 532. The number of thiazole rings is 1. The van der Waals surface area contributed by atoms with E-state index in [-0.39, 0.29) is 17.3 Å². The minimum absolute atomic E-state index is 0.00555. The van der Waals surface area contributed by atoms with Crippen molar-refractivity contribution in [2.24, 2.45) is 0 Å². The van der Waals surface area contributed by atoms with E-state index in [1.807, 2.05) is 6.92 Å². The van der Waals surface area contributed by atoms with Crippen LogP contribution in [0.25, 0.3) is 0 Å². The second-order valence-electron chi connectivity index (χ2n) is 4.34. The summed E-state index contributed by atoms with van der Waals surface area (Å²) < 4.78 is 1.22. The third-order valence-corrected chi connectivity index (χ3v) is 3.97. The Morgan fingerprint density at radius 1 is 1.42 bits per heavy atom. The summed E-state index contributed by atoms with van der Waals surface area (Å²) >= 11 is 0.658. The maximum atomic E-state index is 11.9. The number of carboxylic acid groups (broad SMARTS) is 1. The van der Waals surface area contributed by atoms with E-state index in [4.69, 9.17) is 5.11 Å². The van der Waals surface area contributed by atoms with Crippen LogP contribution in [0.5, 0.6) is 0 Å². The third kappa shape index (κ3) is 3.66. The molecule has 0 aliphatic heterocycles. The monoisotopic (exact) mass is 286 g/mol. The smallest absolute Gasteiger partial charge is 0.347 e. The van der Waals surface area contributed by atoms with Gasteiger partial charge in [-0.2, -0.15) is 0 Å². The molecule has 1 heterocycles. The van der Waals surface area contributed by atoms with Crippen LogP contribution in [0.2, 0.25) is 0 Å². The molecule has 1 amide bonds.